The standard InChI is InChI=1S/C16H18N4S/c1-11-3-2-4-13(9-11)18-15-8-7-14(10-17-15)20-16(21)19-12-5-6-12/h2-4,7-10,12H,5-6H2,1H3,(H,17,18)(H2,19,20,21). The average molecular weight is 298 g/mol. The van der Waals surface area contributed by atoms with Gasteiger partial charge in [-0.3, -0.25) is 0 Å². The Morgan fingerprint density at radius 2 is 2.05 bits per heavy atom. The van der Waals surface area contributed by atoms with Gasteiger partial charge in [0, 0.05) is 11.7 Å². The molecule has 0 amide bonds. The molecule has 0 radical (unpaired) electrons. The average Bonchev–Trinajstić information content (AvgIpc) is 3.25. The quantitative estimate of drug-likeness (QED) is 0.753. The van der Waals surface area contributed by atoms with E-state index in [-0.39, 0.29) is 0 Å². The van der Waals surface area contributed by atoms with Crippen LogP contribution in [0.25, 0.3) is 0 Å². The summed E-state index contributed by atoms with van der Waals surface area (Å²) < 4.78 is 0. The van der Waals surface area contributed by atoms with Gasteiger partial charge in [0.1, 0.15) is 5.82 Å². The summed E-state index contributed by atoms with van der Waals surface area (Å²) in [5.74, 6) is 0.812. The van der Waals surface area contributed by atoms with Crippen molar-refractivity contribution in [2.45, 2.75) is 25.8 Å². The van der Waals surface area contributed by atoms with Crippen molar-refractivity contribution < 1.29 is 0 Å². The molecule has 1 heterocycles. The summed E-state index contributed by atoms with van der Waals surface area (Å²) in [4.78, 5) is 4.39. The molecular formula is C16H18N4S. The van der Waals surface area contributed by atoms with E-state index in [0.717, 1.165) is 17.2 Å². The summed E-state index contributed by atoms with van der Waals surface area (Å²) >= 11 is 5.24. The Kier molecular flexibility index (Phi) is 4.01. The van der Waals surface area contributed by atoms with Crippen LogP contribution in [0.5, 0.6) is 0 Å². The number of pyridine rings is 1. The highest BCUT2D eigenvalue weighted by Crippen LogP contribution is 2.19. The van der Waals surface area contributed by atoms with E-state index in [0.29, 0.717) is 11.2 Å². The third-order valence-corrected chi connectivity index (χ3v) is 3.44. The Morgan fingerprint density at radius 3 is 2.71 bits per heavy atom. The van der Waals surface area contributed by atoms with Crippen molar-refractivity contribution in [2.24, 2.45) is 0 Å². The molecule has 0 saturated heterocycles. The van der Waals surface area contributed by atoms with Gasteiger partial charge in [-0.25, -0.2) is 4.98 Å². The van der Waals surface area contributed by atoms with Crippen molar-refractivity contribution in [3.63, 3.8) is 0 Å². The molecule has 1 fully saturated rings. The first kappa shape index (κ1) is 13.8. The summed E-state index contributed by atoms with van der Waals surface area (Å²) in [6, 6.07) is 12.7. The van der Waals surface area contributed by atoms with Crippen molar-refractivity contribution in [3.05, 3.63) is 48.2 Å². The van der Waals surface area contributed by atoms with E-state index < -0.39 is 0 Å². The van der Waals surface area contributed by atoms with Crippen molar-refractivity contribution in [3.8, 4) is 0 Å². The lowest BCUT2D eigenvalue weighted by molar-refractivity contribution is 0.919. The molecule has 1 saturated carbocycles. The number of anilines is 3. The largest absolute Gasteiger partial charge is 0.360 e. The van der Waals surface area contributed by atoms with Gasteiger partial charge in [0.15, 0.2) is 5.11 Å². The lowest BCUT2D eigenvalue weighted by Gasteiger charge is -2.10. The summed E-state index contributed by atoms with van der Waals surface area (Å²) in [6.07, 6.45) is 4.19. The molecule has 2 aromatic rings. The normalized spacial score (nSPS) is 13.6. The highest BCUT2D eigenvalue weighted by atomic mass is 32.1. The Bertz CT molecular complexity index is 635. The van der Waals surface area contributed by atoms with Crippen LogP contribution in [0.1, 0.15) is 18.4 Å². The van der Waals surface area contributed by atoms with Crippen LogP contribution in [-0.2, 0) is 0 Å². The van der Waals surface area contributed by atoms with Gasteiger partial charge in [0.2, 0.25) is 0 Å². The van der Waals surface area contributed by atoms with Crippen molar-refractivity contribution >= 4 is 34.5 Å². The second-order valence-corrected chi connectivity index (χ2v) is 5.71. The number of rotatable bonds is 4. The Balaban J connectivity index is 1.59. The number of hydrogen-bond donors (Lipinski definition) is 3. The Hall–Kier alpha value is -2.14. The van der Waals surface area contributed by atoms with Crippen LogP contribution in [0.4, 0.5) is 17.2 Å². The Morgan fingerprint density at radius 1 is 1.19 bits per heavy atom. The summed E-state index contributed by atoms with van der Waals surface area (Å²) in [6.45, 7) is 2.07. The molecule has 0 spiro atoms. The second kappa shape index (κ2) is 6.10. The SMILES string of the molecule is Cc1cccc(Nc2ccc(NC(=S)NC3CC3)cn2)c1. The van der Waals surface area contributed by atoms with Crippen LogP contribution in [-0.4, -0.2) is 16.1 Å². The minimum absolute atomic E-state index is 0.556. The van der Waals surface area contributed by atoms with Gasteiger partial charge in [-0.05, 0) is 61.8 Å². The number of nitrogens with one attached hydrogen (secondary N) is 3. The van der Waals surface area contributed by atoms with E-state index in [1.807, 2.05) is 24.3 Å². The zero-order valence-electron chi connectivity index (χ0n) is 11.9. The first-order valence-electron chi connectivity index (χ1n) is 7.06. The molecule has 3 N–H and O–H groups in total. The highest BCUT2D eigenvalue weighted by Gasteiger charge is 2.21. The second-order valence-electron chi connectivity index (χ2n) is 5.30. The maximum atomic E-state index is 5.24. The van der Waals surface area contributed by atoms with Gasteiger partial charge in [-0.15, -0.1) is 0 Å². The van der Waals surface area contributed by atoms with Crippen LogP contribution in [0.3, 0.4) is 0 Å². The van der Waals surface area contributed by atoms with Gasteiger partial charge < -0.3 is 16.0 Å². The van der Waals surface area contributed by atoms with Crippen molar-refractivity contribution in [1.29, 1.82) is 0 Å². The molecule has 1 aliphatic rings. The van der Waals surface area contributed by atoms with Gasteiger partial charge in [0.25, 0.3) is 0 Å². The molecule has 1 aromatic heterocycles. The summed E-state index contributed by atoms with van der Waals surface area (Å²) in [5.41, 5.74) is 3.15. The zero-order valence-corrected chi connectivity index (χ0v) is 12.7. The molecule has 108 valence electrons. The van der Waals surface area contributed by atoms with Gasteiger partial charge in [-0.2, -0.15) is 0 Å². The molecule has 1 aliphatic carbocycles. The minimum Gasteiger partial charge on any atom is -0.360 e. The molecule has 4 nitrogen and oxygen atoms in total. The predicted octanol–water partition coefficient (Wildman–Crippen LogP) is 3.58. The molecular weight excluding hydrogens is 280 g/mol. The van der Waals surface area contributed by atoms with Crippen molar-refractivity contribution in [1.82, 2.24) is 10.3 Å². The topological polar surface area (TPSA) is 49.0 Å². The first-order chi connectivity index (χ1) is 10.2. The maximum absolute atomic E-state index is 5.24. The third-order valence-electron chi connectivity index (χ3n) is 3.22. The van der Waals surface area contributed by atoms with Gasteiger partial charge in [0.05, 0.1) is 11.9 Å². The Labute approximate surface area is 130 Å². The summed E-state index contributed by atoms with van der Waals surface area (Å²) in [5, 5.41) is 10.3. The molecule has 3 rings (SSSR count). The van der Waals surface area contributed by atoms with Gasteiger partial charge >= 0.3 is 0 Å². The highest BCUT2D eigenvalue weighted by molar-refractivity contribution is 7.80. The van der Waals surface area contributed by atoms with Crippen molar-refractivity contribution in [2.75, 3.05) is 10.6 Å². The number of thiocarbonyl (C=S) groups is 1. The first-order valence-corrected chi connectivity index (χ1v) is 7.47. The fraction of sp³-hybridized carbons (Fsp3) is 0.250. The number of benzene rings is 1. The van der Waals surface area contributed by atoms with Crippen LogP contribution in [0.15, 0.2) is 42.6 Å². The van der Waals surface area contributed by atoms with Crippen LogP contribution >= 0.6 is 12.2 Å². The van der Waals surface area contributed by atoms with Gasteiger partial charge in [-0.1, -0.05) is 12.1 Å². The zero-order chi connectivity index (χ0) is 14.7. The molecule has 0 bridgehead atoms. The van der Waals surface area contributed by atoms with E-state index in [9.17, 15) is 0 Å². The van der Waals surface area contributed by atoms with E-state index in [1.54, 1.807) is 6.20 Å². The monoisotopic (exact) mass is 298 g/mol. The van der Waals surface area contributed by atoms with E-state index in [1.165, 1.54) is 18.4 Å². The smallest absolute Gasteiger partial charge is 0.171 e. The molecule has 0 unspecified atom stereocenters. The molecule has 0 aliphatic heterocycles. The molecule has 1 aromatic carbocycles. The number of aromatic nitrogens is 1. The number of nitrogens with zero attached hydrogens (tertiary/aromatic N) is 1. The van der Waals surface area contributed by atoms with Crippen LogP contribution < -0.4 is 16.0 Å². The fourth-order valence-electron chi connectivity index (χ4n) is 1.99. The van der Waals surface area contributed by atoms with E-state index in [4.69, 9.17) is 12.2 Å². The number of hydrogen-bond acceptors (Lipinski definition) is 3. The minimum atomic E-state index is 0.556. The predicted molar refractivity (Wildman–Crippen MR) is 91.1 cm³/mol. The van der Waals surface area contributed by atoms with E-state index in [2.05, 4.69) is 40.0 Å². The summed E-state index contributed by atoms with van der Waals surface area (Å²) in [7, 11) is 0. The van der Waals surface area contributed by atoms with Crippen LogP contribution in [0, 0.1) is 6.92 Å². The molecule has 21 heavy (non-hydrogen) atoms. The van der Waals surface area contributed by atoms with Crippen LogP contribution in [0.2, 0.25) is 0 Å². The van der Waals surface area contributed by atoms with E-state index >= 15 is 0 Å². The lowest BCUT2D eigenvalue weighted by Crippen LogP contribution is -2.30. The number of aryl methyl sites for hydroxylation is 1. The fourth-order valence-corrected chi connectivity index (χ4v) is 2.28. The lowest BCUT2D eigenvalue weighted by atomic mass is 10.2. The third kappa shape index (κ3) is 4.16. The molecule has 5 heteroatoms. The maximum Gasteiger partial charge on any atom is 0.171 e. The molecule has 0 atom stereocenters.